The Balaban J connectivity index is 1.53. The van der Waals surface area contributed by atoms with Gasteiger partial charge in [0.05, 0.1) is 0 Å². The molecule has 0 bridgehead atoms. The number of nitrogens with two attached hydrogens (primary N) is 1. The van der Waals surface area contributed by atoms with E-state index in [1.54, 1.807) is 0 Å². The Morgan fingerprint density at radius 1 is 0.972 bits per heavy atom. The normalized spacial score (nSPS) is 12.7. The molecule has 0 saturated heterocycles. The molecule has 1 aliphatic carbocycles. The third kappa shape index (κ3) is 7.42. The average Bonchev–Trinajstić information content (AvgIpc) is 3.21. The van der Waals surface area contributed by atoms with Crippen LogP contribution < -0.4 is 16.4 Å². The second-order valence-electron chi connectivity index (χ2n) is 8.67. The highest BCUT2D eigenvalue weighted by atomic mass is 16.5. The van der Waals surface area contributed by atoms with Gasteiger partial charge in [-0.05, 0) is 54.5 Å². The highest BCUT2D eigenvalue weighted by Crippen LogP contribution is 2.44. The van der Waals surface area contributed by atoms with Crippen molar-refractivity contribution in [3.8, 4) is 11.1 Å². The highest BCUT2D eigenvalue weighted by Gasteiger charge is 2.29. The molecule has 1 aliphatic rings. The Bertz CT molecular complexity index is 1010. The molecule has 2 amide bonds. The van der Waals surface area contributed by atoms with Crippen LogP contribution in [0.2, 0.25) is 0 Å². The minimum atomic E-state index is -0.750. The van der Waals surface area contributed by atoms with Crippen molar-refractivity contribution in [3.63, 3.8) is 0 Å². The summed E-state index contributed by atoms with van der Waals surface area (Å²) in [6.45, 7) is 4.63. The maximum atomic E-state index is 12.7. The number of alkyl carbamates (subject to hydrolysis) is 1. The van der Waals surface area contributed by atoms with E-state index in [1.165, 1.54) is 6.08 Å². The first kappa shape index (κ1) is 26.9. The molecule has 8 nitrogen and oxygen atoms in total. The van der Waals surface area contributed by atoms with Gasteiger partial charge in [-0.25, -0.2) is 4.79 Å². The number of rotatable bonds is 14. The maximum Gasteiger partial charge on any atom is 0.407 e. The van der Waals surface area contributed by atoms with Crippen LogP contribution in [-0.4, -0.2) is 50.3 Å². The molecule has 0 spiro atoms. The summed E-state index contributed by atoms with van der Waals surface area (Å²) in [5.41, 5.74) is 10.1. The Labute approximate surface area is 212 Å². The molecule has 1 atom stereocenters. The number of nitrogens with one attached hydrogen (secondary N) is 2. The fourth-order valence-corrected chi connectivity index (χ4v) is 4.34. The molecule has 0 unspecified atom stereocenters. The Morgan fingerprint density at radius 3 is 2.28 bits per heavy atom. The van der Waals surface area contributed by atoms with Gasteiger partial charge in [0.15, 0.2) is 0 Å². The summed E-state index contributed by atoms with van der Waals surface area (Å²) in [6, 6.07) is 15.5. The second kappa shape index (κ2) is 14.0. The molecule has 36 heavy (non-hydrogen) atoms. The first-order valence-electron chi connectivity index (χ1n) is 12.4. The van der Waals surface area contributed by atoms with E-state index in [1.807, 2.05) is 24.3 Å². The summed E-state index contributed by atoms with van der Waals surface area (Å²) < 4.78 is 10.5. The van der Waals surface area contributed by atoms with E-state index >= 15 is 0 Å². The van der Waals surface area contributed by atoms with Crippen LogP contribution in [0.3, 0.4) is 0 Å². The summed E-state index contributed by atoms with van der Waals surface area (Å²) in [5, 5.41) is 5.49. The lowest BCUT2D eigenvalue weighted by Gasteiger charge is -2.20. The quantitative estimate of drug-likeness (QED) is 0.210. The standard InChI is InChI=1S/C28H35N3O5/c1-2-18-35-26(32)15-9-17-30-27(33)25(14-7-8-16-29)31-28(34)36-19-24-22-12-5-3-10-20(22)21-11-4-6-13-23(21)24/h2-6,10-13,24-25H,1,7-9,14-19,29H2,(H,30,33)(H,31,34)/t25-/m0/s1. The number of amides is 2. The molecule has 192 valence electrons. The van der Waals surface area contributed by atoms with Gasteiger partial charge in [0, 0.05) is 18.9 Å². The third-order valence-corrected chi connectivity index (χ3v) is 6.12. The maximum absolute atomic E-state index is 12.7. The molecular weight excluding hydrogens is 458 g/mol. The monoisotopic (exact) mass is 493 g/mol. The van der Waals surface area contributed by atoms with E-state index in [0.29, 0.717) is 32.4 Å². The fraction of sp³-hybridized carbons (Fsp3) is 0.393. The van der Waals surface area contributed by atoms with Crippen molar-refractivity contribution in [2.45, 2.75) is 44.1 Å². The van der Waals surface area contributed by atoms with Crippen molar-refractivity contribution in [3.05, 3.63) is 72.3 Å². The summed E-state index contributed by atoms with van der Waals surface area (Å²) in [4.78, 5) is 37.0. The van der Waals surface area contributed by atoms with Crippen LogP contribution in [0.25, 0.3) is 11.1 Å². The molecule has 2 aromatic rings. The largest absolute Gasteiger partial charge is 0.461 e. The summed E-state index contributed by atoms with van der Waals surface area (Å²) in [7, 11) is 0. The number of benzene rings is 2. The Kier molecular flexibility index (Phi) is 10.5. The van der Waals surface area contributed by atoms with Crippen LogP contribution in [0.5, 0.6) is 0 Å². The summed E-state index contributed by atoms with van der Waals surface area (Å²) in [6.07, 6.45) is 3.35. The molecule has 0 radical (unpaired) electrons. The van der Waals surface area contributed by atoms with Crippen molar-refractivity contribution >= 4 is 18.0 Å². The minimum Gasteiger partial charge on any atom is -0.461 e. The molecule has 4 N–H and O–H groups in total. The van der Waals surface area contributed by atoms with Crippen molar-refractivity contribution in [1.82, 2.24) is 10.6 Å². The van der Waals surface area contributed by atoms with Crippen LogP contribution in [0.4, 0.5) is 4.79 Å². The van der Waals surface area contributed by atoms with E-state index in [4.69, 9.17) is 15.2 Å². The van der Waals surface area contributed by atoms with Gasteiger partial charge in [-0.15, -0.1) is 0 Å². The van der Waals surface area contributed by atoms with Crippen molar-refractivity contribution < 1.29 is 23.9 Å². The second-order valence-corrected chi connectivity index (χ2v) is 8.67. The molecule has 8 heteroatoms. The van der Waals surface area contributed by atoms with Crippen molar-refractivity contribution in [2.75, 3.05) is 26.3 Å². The number of esters is 1. The number of carbonyl (C=O) groups excluding carboxylic acids is 3. The van der Waals surface area contributed by atoms with Crippen LogP contribution in [0, 0.1) is 0 Å². The van der Waals surface area contributed by atoms with Crippen LogP contribution >= 0.6 is 0 Å². The van der Waals surface area contributed by atoms with Gasteiger partial charge in [-0.2, -0.15) is 0 Å². The topological polar surface area (TPSA) is 120 Å². The van der Waals surface area contributed by atoms with Gasteiger partial charge in [0.25, 0.3) is 0 Å². The van der Waals surface area contributed by atoms with E-state index in [-0.39, 0.29) is 37.4 Å². The number of hydrogen-bond donors (Lipinski definition) is 3. The lowest BCUT2D eigenvalue weighted by molar-refractivity contribution is -0.142. The zero-order chi connectivity index (χ0) is 25.8. The molecule has 3 rings (SSSR count). The minimum absolute atomic E-state index is 0.0616. The van der Waals surface area contributed by atoms with Gasteiger partial charge in [0.2, 0.25) is 5.91 Å². The number of fused-ring (bicyclic) bond motifs is 3. The lowest BCUT2D eigenvalue weighted by atomic mass is 9.98. The van der Waals surface area contributed by atoms with E-state index in [9.17, 15) is 14.4 Å². The number of unbranched alkanes of at least 4 members (excludes halogenated alkanes) is 1. The first-order valence-corrected chi connectivity index (χ1v) is 12.4. The van der Waals surface area contributed by atoms with Crippen LogP contribution in [0.1, 0.15) is 49.1 Å². The van der Waals surface area contributed by atoms with Gasteiger partial charge < -0.3 is 25.8 Å². The molecule has 0 aliphatic heterocycles. The van der Waals surface area contributed by atoms with Gasteiger partial charge in [0.1, 0.15) is 19.3 Å². The molecular formula is C28H35N3O5. The number of hydrogen-bond acceptors (Lipinski definition) is 6. The average molecular weight is 494 g/mol. The smallest absolute Gasteiger partial charge is 0.407 e. The van der Waals surface area contributed by atoms with Gasteiger partial charge in [-0.1, -0.05) is 61.2 Å². The van der Waals surface area contributed by atoms with E-state index in [2.05, 4.69) is 41.5 Å². The number of carbonyl (C=O) groups is 3. The van der Waals surface area contributed by atoms with Crippen molar-refractivity contribution in [1.29, 1.82) is 0 Å². The molecule has 2 aromatic carbocycles. The zero-order valence-electron chi connectivity index (χ0n) is 20.5. The zero-order valence-corrected chi connectivity index (χ0v) is 20.5. The predicted octanol–water partition coefficient (Wildman–Crippen LogP) is 3.65. The van der Waals surface area contributed by atoms with Gasteiger partial charge >= 0.3 is 12.1 Å². The molecule has 0 fully saturated rings. The Morgan fingerprint density at radius 2 is 1.64 bits per heavy atom. The van der Waals surface area contributed by atoms with E-state index < -0.39 is 12.1 Å². The van der Waals surface area contributed by atoms with E-state index in [0.717, 1.165) is 28.7 Å². The van der Waals surface area contributed by atoms with Crippen molar-refractivity contribution in [2.24, 2.45) is 5.73 Å². The SMILES string of the molecule is C=CCOC(=O)CCCNC(=O)[C@H](CCCCN)NC(=O)OCC1c2ccccc2-c2ccccc21. The number of ether oxygens (including phenoxy) is 2. The van der Waals surface area contributed by atoms with Gasteiger partial charge in [-0.3, -0.25) is 9.59 Å². The molecule has 0 aromatic heterocycles. The van der Waals surface area contributed by atoms with Crippen LogP contribution in [-0.2, 0) is 19.1 Å². The highest BCUT2D eigenvalue weighted by molar-refractivity contribution is 5.85. The third-order valence-electron chi connectivity index (χ3n) is 6.12. The summed E-state index contributed by atoms with van der Waals surface area (Å²) in [5.74, 6) is -0.728. The first-order chi connectivity index (χ1) is 17.5. The summed E-state index contributed by atoms with van der Waals surface area (Å²) >= 11 is 0. The molecule has 0 heterocycles. The fourth-order valence-electron chi connectivity index (χ4n) is 4.34. The van der Waals surface area contributed by atoms with Crippen LogP contribution in [0.15, 0.2) is 61.2 Å². The molecule has 0 saturated carbocycles. The Hall–Kier alpha value is -3.65. The lowest BCUT2D eigenvalue weighted by Crippen LogP contribution is -2.47. The predicted molar refractivity (Wildman–Crippen MR) is 138 cm³/mol.